The maximum absolute atomic E-state index is 12.8. The van der Waals surface area contributed by atoms with Crippen molar-refractivity contribution in [2.75, 3.05) is 13.1 Å². The summed E-state index contributed by atoms with van der Waals surface area (Å²) >= 11 is 0. The number of benzene rings is 2. The van der Waals surface area contributed by atoms with Gasteiger partial charge in [-0.15, -0.1) is 6.58 Å². The molecular weight excluding hydrogens is 336 g/mol. The number of rotatable bonds is 7. The molecule has 130 valence electrons. The highest BCUT2D eigenvalue weighted by Gasteiger charge is 2.30. The number of nitrogens with zero attached hydrogens (tertiary/aromatic N) is 2. The molecule has 1 aliphatic rings. The maximum Gasteiger partial charge on any atom is 0.243 e. The second kappa shape index (κ2) is 7.63. The Hall–Kier alpha value is -2.44. The molecule has 1 aliphatic heterocycles. The van der Waals surface area contributed by atoms with Crippen molar-refractivity contribution in [2.24, 2.45) is 5.16 Å². The van der Waals surface area contributed by atoms with Gasteiger partial charge in [0.05, 0.1) is 17.2 Å². The normalized spacial score (nSPS) is 17.2. The lowest BCUT2D eigenvalue weighted by atomic mass is 10.1. The molecule has 0 spiro atoms. The molecule has 0 saturated heterocycles. The summed E-state index contributed by atoms with van der Waals surface area (Å²) in [5.41, 5.74) is 1.83. The topological polar surface area (TPSA) is 59.0 Å². The van der Waals surface area contributed by atoms with Crippen molar-refractivity contribution < 1.29 is 13.3 Å². The van der Waals surface area contributed by atoms with Gasteiger partial charge in [0.15, 0.2) is 0 Å². The Morgan fingerprint density at radius 3 is 2.40 bits per heavy atom. The van der Waals surface area contributed by atoms with Crippen LogP contribution in [0.15, 0.2) is 83.4 Å². The number of hydrogen-bond acceptors (Lipinski definition) is 4. The van der Waals surface area contributed by atoms with Gasteiger partial charge in [-0.2, -0.15) is 4.31 Å². The summed E-state index contributed by atoms with van der Waals surface area (Å²) < 4.78 is 27.1. The van der Waals surface area contributed by atoms with Crippen LogP contribution >= 0.6 is 0 Å². The molecular formula is C19H20N2O3S. The Morgan fingerprint density at radius 1 is 1.12 bits per heavy atom. The summed E-state index contributed by atoms with van der Waals surface area (Å²) in [6, 6.07) is 18.1. The third-order valence-electron chi connectivity index (χ3n) is 3.96. The van der Waals surface area contributed by atoms with E-state index in [1.54, 1.807) is 36.4 Å². The second-order valence-electron chi connectivity index (χ2n) is 5.76. The van der Waals surface area contributed by atoms with Crippen LogP contribution in [0.3, 0.4) is 0 Å². The molecule has 5 nitrogen and oxygen atoms in total. The van der Waals surface area contributed by atoms with Crippen molar-refractivity contribution in [2.45, 2.75) is 17.4 Å². The van der Waals surface area contributed by atoms with Crippen LogP contribution in [0, 0.1) is 0 Å². The van der Waals surface area contributed by atoms with Gasteiger partial charge in [0.1, 0.15) is 6.10 Å². The van der Waals surface area contributed by atoms with Gasteiger partial charge < -0.3 is 4.84 Å². The molecule has 0 saturated carbocycles. The van der Waals surface area contributed by atoms with Crippen molar-refractivity contribution >= 4 is 15.7 Å². The predicted molar refractivity (Wildman–Crippen MR) is 97.9 cm³/mol. The first-order chi connectivity index (χ1) is 12.1. The Labute approximate surface area is 148 Å². The van der Waals surface area contributed by atoms with Crippen LogP contribution in [0.1, 0.15) is 12.0 Å². The fourth-order valence-corrected chi connectivity index (χ4v) is 4.17. The van der Waals surface area contributed by atoms with E-state index in [4.69, 9.17) is 4.84 Å². The van der Waals surface area contributed by atoms with Gasteiger partial charge in [-0.1, -0.05) is 59.8 Å². The zero-order chi connectivity index (χ0) is 17.7. The molecule has 0 fully saturated rings. The first kappa shape index (κ1) is 17.4. The van der Waals surface area contributed by atoms with Crippen LogP contribution < -0.4 is 0 Å². The van der Waals surface area contributed by atoms with E-state index in [0.717, 1.165) is 11.3 Å². The summed E-state index contributed by atoms with van der Waals surface area (Å²) in [4.78, 5) is 5.74. The minimum atomic E-state index is -3.60. The second-order valence-corrected chi connectivity index (χ2v) is 7.70. The first-order valence-corrected chi connectivity index (χ1v) is 9.49. The third kappa shape index (κ3) is 3.97. The van der Waals surface area contributed by atoms with Gasteiger partial charge in [-0.25, -0.2) is 8.42 Å². The van der Waals surface area contributed by atoms with Crippen molar-refractivity contribution in [3.05, 3.63) is 78.9 Å². The molecule has 1 heterocycles. The summed E-state index contributed by atoms with van der Waals surface area (Å²) in [5.74, 6) is 0. The molecule has 6 heteroatoms. The molecule has 0 radical (unpaired) electrons. The molecule has 0 aromatic heterocycles. The van der Waals surface area contributed by atoms with E-state index in [0.29, 0.717) is 6.42 Å². The van der Waals surface area contributed by atoms with Crippen LogP contribution in [0.4, 0.5) is 0 Å². The van der Waals surface area contributed by atoms with E-state index in [1.165, 1.54) is 4.31 Å². The van der Waals surface area contributed by atoms with E-state index < -0.39 is 10.0 Å². The van der Waals surface area contributed by atoms with Crippen LogP contribution in [0.5, 0.6) is 0 Å². The summed E-state index contributed by atoms with van der Waals surface area (Å²) in [6.07, 6.45) is 1.84. The summed E-state index contributed by atoms with van der Waals surface area (Å²) in [5, 5.41) is 4.12. The van der Waals surface area contributed by atoms with Crippen LogP contribution in [-0.2, 0) is 14.9 Å². The Bertz CT molecular complexity index is 849. The van der Waals surface area contributed by atoms with Crippen LogP contribution in [-0.4, -0.2) is 37.6 Å². The van der Waals surface area contributed by atoms with Crippen molar-refractivity contribution in [1.29, 1.82) is 0 Å². The molecule has 2 aromatic carbocycles. The van der Waals surface area contributed by atoms with E-state index in [9.17, 15) is 8.42 Å². The Morgan fingerprint density at radius 2 is 1.76 bits per heavy atom. The van der Waals surface area contributed by atoms with Crippen molar-refractivity contribution in [3.63, 3.8) is 0 Å². The Kier molecular flexibility index (Phi) is 5.31. The molecule has 0 bridgehead atoms. The number of hydrogen-bond donors (Lipinski definition) is 0. The molecule has 2 aromatic rings. The van der Waals surface area contributed by atoms with E-state index in [2.05, 4.69) is 11.7 Å². The molecule has 3 rings (SSSR count). The standard InChI is InChI=1S/C19H20N2O3S/c1-2-13-21(25(22,23)18-11-7-4-8-12-18)15-17-14-19(20-24-17)16-9-5-3-6-10-16/h2-12,17H,1,13-15H2. The number of sulfonamides is 1. The minimum Gasteiger partial charge on any atom is -0.390 e. The van der Waals surface area contributed by atoms with Gasteiger partial charge in [-0.3, -0.25) is 0 Å². The zero-order valence-electron chi connectivity index (χ0n) is 13.8. The molecule has 1 atom stereocenters. The average molecular weight is 356 g/mol. The van der Waals surface area contributed by atoms with Gasteiger partial charge in [-0.05, 0) is 17.7 Å². The van der Waals surface area contributed by atoms with Crippen molar-refractivity contribution in [1.82, 2.24) is 4.31 Å². The van der Waals surface area contributed by atoms with E-state index >= 15 is 0 Å². The van der Waals surface area contributed by atoms with Gasteiger partial charge >= 0.3 is 0 Å². The highest BCUT2D eigenvalue weighted by atomic mass is 32.2. The summed E-state index contributed by atoms with van der Waals surface area (Å²) in [6.45, 7) is 4.11. The van der Waals surface area contributed by atoms with E-state index in [-0.39, 0.29) is 24.1 Å². The Balaban J connectivity index is 1.73. The lowest BCUT2D eigenvalue weighted by molar-refractivity contribution is 0.0721. The lowest BCUT2D eigenvalue weighted by Gasteiger charge is -2.23. The van der Waals surface area contributed by atoms with Crippen LogP contribution in [0.2, 0.25) is 0 Å². The molecule has 0 amide bonds. The average Bonchev–Trinajstić information content (AvgIpc) is 3.11. The molecule has 1 unspecified atom stereocenters. The smallest absolute Gasteiger partial charge is 0.243 e. The summed E-state index contributed by atoms with van der Waals surface area (Å²) in [7, 11) is -3.60. The van der Waals surface area contributed by atoms with Crippen LogP contribution in [0.25, 0.3) is 0 Å². The largest absolute Gasteiger partial charge is 0.390 e. The monoisotopic (exact) mass is 356 g/mol. The minimum absolute atomic E-state index is 0.220. The SMILES string of the molecule is C=CCN(CC1CC(c2ccccc2)=NO1)S(=O)(=O)c1ccccc1. The molecule has 0 N–H and O–H groups in total. The predicted octanol–water partition coefficient (Wildman–Crippen LogP) is 3.06. The quantitative estimate of drug-likeness (QED) is 0.717. The van der Waals surface area contributed by atoms with Gasteiger partial charge in [0, 0.05) is 13.0 Å². The zero-order valence-corrected chi connectivity index (χ0v) is 14.6. The highest BCUT2D eigenvalue weighted by Crippen LogP contribution is 2.21. The lowest BCUT2D eigenvalue weighted by Crippen LogP contribution is -2.37. The first-order valence-electron chi connectivity index (χ1n) is 8.05. The van der Waals surface area contributed by atoms with Crippen molar-refractivity contribution in [3.8, 4) is 0 Å². The number of oxime groups is 1. The molecule has 25 heavy (non-hydrogen) atoms. The van der Waals surface area contributed by atoms with Gasteiger partial charge in [0.2, 0.25) is 10.0 Å². The molecule has 0 aliphatic carbocycles. The fourth-order valence-electron chi connectivity index (χ4n) is 2.71. The van der Waals surface area contributed by atoms with E-state index in [1.807, 2.05) is 30.3 Å². The highest BCUT2D eigenvalue weighted by molar-refractivity contribution is 7.89. The third-order valence-corrected chi connectivity index (χ3v) is 5.81. The fraction of sp³-hybridized carbons (Fsp3) is 0.211. The van der Waals surface area contributed by atoms with Gasteiger partial charge in [0.25, 0.3) is 0 Å². The maximum atomic E-state index is 12.8.